The molecular formula is C22H16N2. The standard InChI is InChI=1S/C22H16N2/c1-24-21-8-3-2-6-18(21)19-12-9-15-14-16(10-11-17(15)22(19)24)20-7-4-5-13-23-20/h2-14H,1H3. The quantitative estimate of drug-likeness (QED) is 0.397. The molecule has 2 heterocycles. The summed E-state index contributed by atoms with van der Waals surface area (Å²) >= 11 is 0. The summed E-state index contributed by atoms with van der Waals surface area (Å²) in [6.07, 6.45) is 1.84. The van der Waals surface area contributed by atoms with E-state index < -0.39 is 0 Å². The van der Waals surface area contributed by atoms with Crippen molar-refractivity contribution < 1.29 is 0 Å². The van der Waals surface area contributed by atoms with Crippen LogP contribution in [0.4, 0.5) is 0 Å². The molecule has 2 heteroatoms. The van der Waals surface area contributed by atoms with Crippen LogP contribution >= 0.6 is 0 Å². The van der Waals surface area contributed by atoms with Crippen LogP contribution in [0.1, 0.15) is 0 Å². The third-order valence-electron chi connectivity index (χ3n) is 4.84. The average Bonchev–Trinajstić information content (AvgIpc) is 2.95. The van der Waals surface area contributed by atoms with E-state index >= 15 is 0 Å². The Balaban J connectivity index is 1.86. The summed E-state index contributed by atoms with van der Waals surface area (Å²) in [5.74, 6) is 0. The molecule has 24 heavy (non-hydrogen) atoms. The van der Waals surface area contributed by atoms with Crippen LogP contribution in [0.5, 0.6) is 0 Å². The second-order valence-electron chi connectivity index (χ2n) is 6.19. The van der Waals surface area contributed by atoms with Gasteiger partial charge < -0.3 is 4.57 Å². The van der Waals surface area contributed by atoms with E-state index in [9.17, 15) is 0 Å². The van der Waals surface area contributed by atoms with Crippen molar-refractivity contribution in [3.63, 3.8) is 0 Å². The Bertz CT molecular complexity index is 1200. The Morgan fingerprint density at radius 1 is 0.750 bits per heavy atom. The molecule has 0 aliphatic rings. The Hall–Kier alpha value is -3.13. The molecule has 0 aliphatic heterocycles. The monoisotopic (exact) mass is 308 g/mol. The minimum atomic E-state index is 1.01. The van der Waals surface area contributed by atoms with Crippen molar-refractivity contribution in [3.05, 3.63) is 79.0 Å². The molecule has 5 rings (SSSR count). The van der Waals surface area contributed by atoms with E-state index in [2.05, 4.69) is 77.3 Å². The van der Waals surface area contributed by atoms with Crippen molar-refractivity contribution in [2.45, 2.75) is 0 Å². The number of pyridine rings is 1. The van der Waals surface area contributed by atoms with Gasteiger partial charge in [-0.2, -0.15) is 0 Å². The lowest BCUT2D eigenvalue weighted by atomic mass is 10.0. The second-order valence-corrected chi connectivity index (χ2v) is 6.19. The van der Waals surface area contributed by atoms with Gasteiger partial charge in [-0.25, -0.2) is 0 Å². The van der Waals surface area contributed by atoms with E-state index in [0.29, 0.717) is 0 Å². The maximum Gasteiger partial charge on any atom is 0.0702 e. The van der Waals surface area contributed by atoms with Gasteiger partial charge in [-0.1, -0.05) is 48.5 Å². The first-order chi connectivity index (χ1) is 11.8. The minimum Gasteiger partial charge on any atom is -0.343 e. The van der Waals surface area contributed by atoms with Gasteiger partial charge in [-0.3, -0.25) is 4.98 Å². The first kappa shape index (κ1) is 13.3. The Labute approximate surface area is 140 Å². The molecule has 0 saturated carbocycles. The maximum atomic E-state index is 4.47. The Morgan fingerprint density at radius 3 is 2.46 bits per heavy atom. The number of benzene rings is 3. The van der Waals surface area contributed by atoms with Gasteiger partial charge in [-0.05, 0) is 29.7 Å². The number of hydrogen-bond acceptors (Lipinski definition) is 1. The molecule has 0 spiro atoms. The van der Waals surface area contributed by atoms with Gasteiger partial charge in [-0.15, -0.1) is 0 Å². The summed E-state index contributed by atoms with van der Waals surface area (Å²) in [5, 5.41) is 5.15. The van der Waals surface area contributed by atoms with Crippen LogP contribution in [-0.4, -0.2) is 9.55 Å². The normalized spacial score (nSPS) is 11.5. The van der Waals surface area contributed by atoms with Crippen LogP contribution in [0.3, 0.4) is 0 Å². The van der Waals surface area contributed by atoms with Gasteiger partial charge in [0.1, 0.15) is 0 Å². The van der Waals surface area contributed by atoms with Gasteiger partial charge in [0, 0.05) is 40.5 Å². The van der Waals surface area contributed by atoms with E-state index in [-0.39, 0.29) is 0 Å². The average molecular weight is 308 g/mol. The molecule has 0 aliphatic carbocycles. The van der Waals surface area contributed by atoms with Crippen molar-refractivity contribution >= 4 is 32.6 Å². The lowest BCUT2D eigenvalue weighted by Gasteiger charge is -2.06. The largest absolute Gasteiger partial charge is 0.343 e. The molecule has 2 aromatic heterocycles. The summed E-state index contributed by atoms with van der Waals surface area (Å²) in [6, 6.07) is 25.7. The van der Waals surface area contributed by atoms with E-state index in [1.807, 2.05) is 18.3 Å². The van der Waals surface area contributed by atoms with Crippen molar-refractivity contribution in [1.82, 2.24) is 9.55 Å². The fourth-order valence-electron chi connectivity index (χ4n) is 3.70. The van der Waals surface area contributed by atoms with Crippen molar-refractivity contribution in [1.29, 1.82) is 0 Å². The number of hydrogen-bond donors (Lipinski definition) is 0. The lowest BCUT2D eigenvalue weighted by molar-refractivity contribution is 1.02. The number of para-hydroxylation sites is 1. The van der Waals surface area contributed by atoms with E-state index in [4.69, 9.17) is 0 Å². The van der Waals surface area contributed by atoms with Crippen molar-refractivity contribution in [3.8, 4) is 11.3 Å². The predicted molar refractivity (Wildman–Crippen MR) is 101 cm³/mol. The van der Waals surface area contributed by atoms with Crippen LogP contribution < -0.4 is 0 Å². The van der Waals surface area contributed by atoms with Crippen molar-refractivity contribution in [2.24, 2.45) is 7.05 Å². The van der Waals surface area contributed by atoms with Crippen LogP contribution in [0.2, 0.25) is 0 Å². The molecule has 5 aromatic rings. The van der Waals surface area contributed by atoms with Crippen LogP contribution in [0.25, 0.3) is 43.8 Å². The minimum absolute atomic E-state index is 1.01. The molecule has 2 nitrogen and oxygen atoms in total. The first-order valence-electron chi connectivity index (χ1n) is 8.14. The summed E-state index contributed by atoms with van der Waals surface area (Å²) in [5.41, 5.74) is 4.73. The van der Waals surface area contributed by atoms with Crippen molar-refractivity contribution in [2.75, 3.05) is 0 Å². The van der Waals surface area contributed by atoms with Gasteiger partial charge in [0.2, 0.25) is 0 Å². The first-order valence-corrected chi connectivity index (χ1v) is 8.14. The van der Waals surface area contributed by atoms with E-state index in [0.717, 1.165) is 11.3 Å². The highest BCUT2D eigenvalue weighted by Crippen LogP contribution is 2.34. The molecule has 0 radical (unpaired) electrons. The molecular weight excluding hydrogens is 292 g/mol. The zero-order valence-corrected chi connectivity index (χ0v) is 13.4. The smallest absolute Gasteiger partial charge is 0.0702 e. The summed E-state index contributed by atoms with van der Waals surface area (Å²) in [7, 11) is 2.15. The molecule has 0 amide bonds. The highest BCUT2D eigenvalue weighted by Gasteiger charge is 2.11. The molecule has 0 saturated heterocycles. The van der Waals surface area contributed by atoms with E-state index in [1.165, 1.54) is 32.6 Å². The number of aryl methyl sites for hydroxylation is 1. The maximum absolute atomic E-state index is 4.47. The molecule has 0 N–H and O–H groups in total. The van der Waals surface area contributed by atoms with Gasteiger partial charge in [0.15, 0.2) is 0 Å². The number of rotatable bonds is 1. The number of nitrogens with zero attached hydrogens (tertiary/aromatic N) is 2. The van der Waals surface area contributed by atoms with Gasteiger partial charge >= 0.3 is 0 Å². The Morgan fingerprint density at radius 2 is 1.58 bits per heavy atom. The molecule has 0 unspecified atom stereocenters. The molecule has 114 valence electrons. The molecule has 3 aromatic carbocycles. The zero-order chi connectivity index (χ0) is 16.1. The van der Waals surface area contributed by atoms with Gasteiger partial charge in [0.25, 0.3) is 0 Å². The summed E-state index contributed by atoms with van der Waals surface area (Å²) < 4.78 is 2.30. The van der Waals surface area contributed by atoms with E-state index in [1.54, 1.807) is 0 Å². The summed E-state index contributed by atoms with van der Waals surface area (Å²) in [4.78, 5) is 4.47. The molecule has 0 fully saturated rings. The SMILES string of the molecule is Cn1c2ccccc2c2ccc3cc(-c4ccccn4)ccc3c21. The lowest BCUT2D eigenvalue weighted by Crippen LogP contribution is -1.88. The van der Waals surface area contributed by atoms with Crippen LogP contribution in [0.15, 0.2) is 79.0 Å². The predicted octanol–water partition coefficient (Wildman–Crippen LogP) is 5.55. The topological polar surface area (TPSA) is 17.8 Å². The second kappa shape index (κ2) is 4.93. The highest BCUT2D eigenvalue weighted by molar-refractivity contribution is 6.17. The Kier molecular flexibility index (Phi) is 2.74. The summed E-state index contributed by atoms with van der Waals surface area (Å²) in [6.45, 7) is 0. The highest BCUT2D eigenvalue weighted by atomic mass is 14.9. The number of fused-ring (bicyclic) bond motifs is 5. The van der Waals surface area contributed by atoms with Crippen LogP contribution in [0, 0.1) is 0 Å². The third kappa shape index (κ3) is 1.80. The zero-order valence-electron chi connectivity index (χ0n) is 13.4. The number of aromatic nitrogens is 2. The fraction of sp³-hybridized carbons (Fsp3) is 0.0455. The third-order valence-corrected chi connectivity index (χ3v) is 4.84. The molecule has 0 atom stereocenters. The van der Waals surface area contributed by atoms with Crippen LogP contribution in [-0.2, 0) is 7.05 Å². The fourth-order valence-corrected chi connectivity index (χ4v) is 3.70. The van der Waals surface area contributed by atoms with Gasteiger partial charge in [0.05, 0.1) is 11.2 Å². The molecule has 0 bridgehead atoms.